The SMILES string of the molecule is CC(=O)OC1CC(OC(C)=O)[C@@]2(C)[C@H]3C[C@H]4OC(=O)C(C)=C4C4O[C@]43CC[C@H]2C1(C)C. The number of esters is 3. The van der Waals surface area contributed by atoms with Crippen LogP contribution in [0.2, 0.25) is 0 Å². The minimum Gasteiger partial charge on any atom is -0.462 e. The fraction of sp³-hybridized carbons (Fsp3) is 0.792. The zero-order valence-electron chi connectivity index (χ0n) is 19.2. The summed E-state index contributed by atoms with van der Waals surface area (Å²) in [5.41, 5.74) is 0.706. The molecule has 0 aromatic rings. The Morgan fingerprint density at radius 2 is 1.65 bits per heavy atom. The summed E-state index contributed by atoms with van der Waals surface area (Å²) in [6.07, 6.45) is 1.82. The first kappa shape index (κ1) is 21.0. The van der Waals surface area contributed by atoms with E-state index in [0.29, 0.717) is 18.4 Å². The van der Waals surface area contributed by atoms with Gasteiger partial charge in [-0.25, -0.2) is 4.79 Å². The standard InChI is InChI=1S/C24H32O7/c1-11-19-14(30-21(11)27)9-16-23(6)15(7-8-24(16)20(19)31-24)22(4,5)17(28-12(2)25)10-18(23)29-13(3)26/h14-18,20H,7-10H2,1-6H3/t14-,15+,16-,17?,18?,20?,23-,24+/m1/s1. The van der Waals surface area contributed by atoms with Crippen LogP contribution in [-0.4, -0.2) is 47.9 Å². The first-order chi connectivity index (χ1) is 14.4. The number of carbonyl (C=O) groups excluding carboxylic acids is 3. The molecule has 0 amide bonds. The number of hydrogen-bond acceptors (Lipinski definition) is 7. The maximum Gasteiger partial charge on any atom is 0.334 e. The summed E-state index contributed by atoms with van der Waals surface area (Å²) in [5.74, 6) is -0.660. The van der Waals surface area contributed by atoms with Crippen LogP contribution in [0.4, 0.5) is 0 Å². The first-order valence-corrected chi connectivity index (χ1v) is 11.4. The molecule has 5 aliphatic rings. The van der Waals surface area contributed by atoms with Gasteiger partial charge in [0.15, 0.2) is 0 Å². The summed E-state index contributed by atoms with van der Waals surface area (Å²) >= 11 is 0. The van der Waals surface area contributed by atoms with Crippen LogP contribution in [0.5, 0.6) is 0 Å². The lowest BCUT2D eigenvalue weighted by Crippen LogP contribution is -2.66. The highest BCUT2D eigenvalue weighted by Crippen LogP contribution is 2.72. The third-order valence-corrected chi connectivity index (χ3v) is 9.17. The quantitative estimate of drug-likeness (QED) is 0.376. The van der Waals surface area contributed by atoms with Crippen LogP contribution in [0, 0.1) is 22.7 Å². The van der Waals surface area contributed by atoms with Crippen LogP contribution in [0.1, 0.15) is 67.2 Å². The van der Waals surface area contributed by atoms with Crippen LogP contribution < -0.4 is 0 Å². The predicted molar refractivity (Wildman–Crippen MR) is 109 cm³/mol. The summed E-state index contributed by atoms with van der Waals surface area (Å²) in [5, 5.41) is 0. The number of fused-ring (bicyclic) bond motifs is 4. The summed E-state index contributed by atoms with van der Waals surface area (Å²) in [6.45, 7) is 11.2. The Bertz CT molecular complexity index is 904. The maximum atomic E-state index is 12.3. The van der Waals surface area contributed by atoms with E-state index >= 15 is 0 Å². The minimum absolute atomic E-state index is 0.0816. The Labute approximate surface area is 182 Å². The summed E-state index contributed by atoms with van der Waals surface area (Å²) < 4.78 is 23.8. The van der Waals surface area contributed by atoms with E-state index in [1.54, 1.807) is 0 Å². The minimum atomic E-state index is -0.400. The molecule has 170 valence electrons. The van der Waals surface area contributed by atoms with Crippen molar-refractivity contribution in [3.63, 3.8) is 0 Å². The van der Waals surface area contributed by atoms with Gasteiger partial charge in [0.1, 0.15) is 30.0 Å². The lowest BCUT2D eigenvalue weighted by Gasteiger charge is -2.63. The molecule has 7 heteroatoms. The third kappa shape index (κ3) is 2.65. The van der Waals surface area contributed by atoms with Gasteiger partial charge in [0.05, 0.1) is 0 Å². The molecule has 4 fully saturated rings. The molecule has 3 aliphatic carbocycles. The van der Waals surface area contributed by atoms with Crippen LogP contribution in [0.3, 0.4) is 0 Å². The van der Waals surface area contributed by atoms with Gasteiger partial charge in [0.2, 0.25) is 0 Å². The molecule has 3 saturated carbocycles. The molecule has 7 nitrogen and oxygen atoms in total. The zero-order chi connectivity index (χ0) is 22.5. The number of hydrogen-bond donors (Lipinski definition) is 0. The Morgan fingerprint density at radius 3 is 2.29 bits per heavy atom. The van der Waals surface area contributed by atoms with Gasteiger partial charge in [-0.05, 0) is 32.1 Å². The second kappa shape index (κ2) is 6.33. The van der Waals surface area contributed by atoms with Crippen molar-refractivity contribution >= 4 is 17.9 Å². The highest BCUT2D eigenvalue weighted by molar-refractivity contribution is 5.92. The van der Waals surface area contributed by atoms with Gasteiger partial charge in [-0.1, -0.05) is 20.8 Å². The van der Waals surface area contributed by atoms with Crippen molar-refractivity contribution in [2.24, 2.45) is 22.7 Å². The molecule has 0 bridgehead atoms. The molecule has 2 heterocycles. The fourth-order valence-corrected chi connectivity index (χ4v) is 7.81. The maximum absolute atomic E-state index is 12.3. The second-order valence-electron chi connectivity index (χ2n) is 10.9. The van der Waals surface area contributed by atoms with Gasteiger partial charge in [-0.15, -0.1) is 0 Å². The van der Waals surface area contributed by atoms with Gasteiger partial charge in [-0.2, -0.15) is 0 Å². The lowest BCUT2D eigenvalue weighted by molar-refractivity contribution is -0.232. The highest BCUT2D eigenvalue weighted by Gasteiger charge is 2.77. The van der Waals surface area contributed by atoms with Gasteiger partial charge >= 0.3 is 17.9 Å². The number of epoxide rings is 1. The first-order valence-electron chi connectivity index (χ1n) is 11.4. The Hall–Kier alpha value is -1.89. The van der Waals surface area contributed by atoms with Crippen molar-refractivity contribution < 1.29 is 33.3 Å². The molecule has 8 atom stereocenters. The molecule has 5 rings (SSSR count). The van der Waals surface area contributed by atoms with E-state index in [4.69, 9.17) is 18.9 Å². The van der Waals surface area contributed by atoms with E-state index in [0.717, 1.165) is 18.4 Å². The van der Waals surface area contributed by atoms with Gasteiger partial charge in [0.25, 0.3) is 0 Å². The van der Waals surface area contributed by atoms with Crippen molar-refractivity contribution in [2.45, 2.75) is 97.2 Å². The fourth-order valence-electron chi connectivity index (χ4n) is 7.81. The Morgan fingerprint density at radius 1 is 1.00 bits per heavy atom. The highest BCUT2D eigenvalue weighted by atomic mass is 16.6. The molecule has 0 N–H and O–H groups in total. The van der Waals surface area contributed by atoms with Crippen molar-refractivity contribution in [1.82, 2.24) is 0 Å². The molecule has 1 spiro atoms. The van der Waals surface area contributed by atoms with E-state index < -0.39 is 6.10 Å². The number of ether oxygens (including phenoxy) is 4. The third-order valence-electron chi connectivity index (χ3n) is 9.17. The van der Waals surface area contributed by atoms with Crippen molar-refractivity contribution in [3.05, 3.63) is 11.1 Å². The smallest absolute Gasteiger partial charge is 0.334 e. The second-order valence-corrected chi connectivity index (χ2v) is 10.9. The van der Waals surface area contributed by atoms with Crippen LogP contribution in [0.25, 0.3) is 0 Å². The normalized spacial score (nSPS) is 46.7. The molecule has 31 heavy (non-hydrogen) atoms. The van der Waals surface area contributed by atoms with Crippen LogP contribution in [-0.2, 0) is 33.3 Å². The van der Waals surface area contributed by atoms with E-state index in [1.165, 1.54) is 13.8 Å². The molecule has 0 aromatic carbocycles. The van der Waals surface area contributed by atoms with E-state index in [-0.39, 0.29) is 64.5 Å². The number of carbonyl (C=O) groups is 3. The van der Waals surface area contributed by atoms with Crippen LogP contribution >= 0.6 is 0 Å². The molecule has 1 saturated heterocycles. The molecule has 0 radical (unpaired) electrons. The van der Waals surface area contributed by atoms with Crippen molar-refractivity contribution in [1.29, 1.82) is 0 Å². The van der Waals surface area contributed by atoms with E-state index in [1.807, 2.05) is 6.92 Å². The van der Waals surface area contributed by atoms with Gasteiger partial charge in [-0.3, -0.25) is 9.59 Å². The average molecular weight is 433 g/mol. The molecule has 0 aromatic heterocycles. The number of rotatable bonds is 2. The van der Waals surface area contributed by atoms with Crippen LogP contribution in [0.15, 0.2) is 11.1 Å². The summed E-state index contributed by atoms with van der Waals surface area (Å²) in [6, 6.07) is 0. The molecule has 3 unspecified atom stereocenters. The van der Waals surface area contributed by atoms with Gasteiger partial charge < -0.3 is 18.9 Å². The van der Waals surface area contributed by atoms with Crippen molar-refractivity contribution in [3.8, 4) is 0 Å². The monoisotopic (exact) mass is 432 g/mol. The Kier molecular flexibility index (Phi) is 4.29. The van der Waals surface area contributed by atoms with E-state index in [2.05, 4.69) is 20.8 Å². The average Bonchev–Trinajstić information content (AvgIpc) is 3.30. The Balaban J connectivity index is 1.57. The van der Waals surface area contributed by atoms with Gasteiger partial charge in [0, 0.05) is 48.2 Å². The summed E-state index contributed by atoms with van der Waals surface area (Å²) in [7, 11) is 0. The summed E-state index contributed by atoms with van der Waals surface area (Å²) in [4.78, 5) is 36.2. The van der Waals surface area contributed by atoms with Crippen molar-refractivity contribution in [2.75, 3.05) is 0 Å². The molecular formula is C24H32O7. The van der Waals surface area contributed by atoms with E-state index in [9.17, 15) is 14.4 Å². The topological polar surface area (TPSA) is 91.4 Å². The molecular weight excluding hydrogens is 400 g/mol. The molecule has 2 aliphatic heterocycles. The zero-order valence-corrected chi connectivity index (χ0v) is 19.2. The predicted octanol–water partition coefficient (Wildman–Crippen LogP) is 3.10. The lowest BCUT2D eigenvalue weighted by atomic mass is 9.42. The largest absolute Gasteiger partial charge is 0.462 e.